The molecule has 0 saturated heterocycles. The number of hydrogen-bond donors (Lipinski definition) is 1. The molecule has 1 aromatic carbocycles. The minimum atomic E-state index is -4.04. The molecule has 1 amide bonds. The van der Waals surface area contributed by atoms with Crippen molar-refractivity contribution in [3.05, 3.63) is 52.1 Å². The molecule has 2 aromatic heterocycles. The lowest BCUT2D eigenvalue weighted by Crippen LogP contribution is -2.30. The summed E-state index contributed by atoms with van der Waals surface area (Å²) >= 11 is 4.39. The van der Waals surface area contributed by atoms with Crippen LogP contribution in [0.4, 0.5) is 0 Å². The van der Waals surface area contributed by atoms with Crippen LogP contribution in [-0.4, -0.2) is 26.4 Å². The molecular weight excluding hydrogens is 432 g/mol. The fourth-order valence-corrected chi connectivity index (χ4v) is 4.38. The lowest BCUT2D eigenvalue weighted by Gasteiger charge is -2.08. The van der Waals surface area contributed by atoms with Crippen molar-refractivity contribution in [2.45, 2.75) is 4.90 Å². The highest BCUT2D eigenvalue weighted by molar-refractivity contribution is 9.10. The minimum Gasteiger partial charge on any atom is -0.496 e. The number of benzene rings is 1. The third kappa shape index (κ3) is 3.75. The molecule has 0 saturated carbocycles. The van der Waals surface area contributed by atoms with Crippen molar-refractivity contribution in [3.8, 4) is 16.5 Å². The predicted octanol–water partition coefficient (Wildman–Crippen LogP) is 3.29. The molecule has 130 valence electrons. The topological polar surface area (TPSA) is 98.5 Å². The van der Waals surface area contributed by atoms with Gasteiger partial charge in [0.05, 0.1) is 22.7 Å². The molecule has 0 aliphatic carbocycles. The van der Waals surface area contributed by atoms with E-state index in [0.29, 0.717) is 21.0 Å². The molecule has 25 heavy (non-hydrogen) atoms. The molecule has 3 rings (SSSR count). The molecule has 7 nitrogen and oxygen atoms in total. The second-order valence-electron chi connectivity index (χ2n) is 4.75. The van der Waals surface area contributed by atoms with Crippen LogP contribution in [-0.2, 0) is 10.0 Å². The van der Waals surface area contributed by atoms with Crippen LogP contribution in [0.3, 0.4) is 0 Å². The maximum Gasteiger partial charge on any atom is 0.284 e. The Morgan fingerprint density at radius 3 is 2.80 bits per heavy atom. The third-order valence-electron chi connectivity index (χ3n) is 3.13. The second-order valence-corrected chi connectivity index (χ2v) is 8.14. The van der Waals surface area contributed by atoms with Crippen LogP contribution in [0.5, 0.6) is 5.75 Å². The Morgan fingerprint density at radius 1 is 1.36 bits per heavy atom. The van der Waals surface area contributed by atoms with Crippen molar-refractivity contribution in [2.24, 2.45) is 0 Å². The largest absolute Gasteiger partial charge is 0.496 e. The van der Waals surface area contributed by atoms with Gasteiger partial charge in [0.2, 0.25) is 0 Å². The zero-order valence-corrected chi connectivity index (χ0v) is 15.9. The van der Waals surface area contributed by atoms with Gasteiger partial charge in [-0.25, -0.2) is 18.1 Å². The Hall–Kier alpha value is -2.17. The Bertz CT molecular complexity index is 1010. The third-order valence-corrected chi connectivity index (χ3v) is 5.93. The van der Waals surface area contributed by atoms with Crippen LogP contribution in [0.1, 0.15) is 10.5 Å². The summed E-state index contributed by atoms with van der Waals surface area (Å²) in [6.45, 7) is 0. The van der Waals surface area contributed by atoms with E-state index in [1.165, 1.54) is 48.3 Å². The molecule has 0 spiro atoms. The number of halogens is 1. The van der Waals surface area contributed by atoms with E-state index < -0.39 is 15.9 Å². The molecule has 0 bridgehead atoms. The van der Waals surface area contributed by atoms with Gasteiger partial charge < -0.3 is 9.15 Å². The van der Waals surface area contributed by atoms with Crippen LogP contribution >= 0.6 is 27.3 Å². The van der Waals surface area contributed by atoms with Crippen LogP contribution in [0.2, 0.25) is 0 Å². The van der Waals surface area contributed by atoms with Crippen molar-refractivity contribution in [2.75, 3.05) is 7.11 Å². The molecule has 3 aromatic rings. The maximum atomic E-state index is 12.4. The van der Waals surface area contributed by atoms with Crippen LogP contribution in [0, 0.1) is 0 Å². The molecule has 2 heterocycles. The minimum absolute atomic E-state index is 0.00690. The fourth-order valence-electron chi connectivity index (χ4n) is 1.94. The first kappa shape index (κ1) is 17.6. The number of amides is 1. The van der Waals surface area contributed by atoms with E-state index >= 15 is 0 Å². The molecule has 0 atom stereocenters. The summed E-state index contributed by atoms with van der Waals surface area (Å²) in [7, 11) is -2.58. The van der Waals surface area contributed by atoms with Crippen molar-refractivity contribution < 1.29 is 22.4 Å². The van der Waals surface area contributed by atoms with Gasteiger partial charge in [-0.2, -0.15) is 0 Å². The summed E-state index contributed by atoms with van der Waals surface area (Å²) < 4.78 is 37.4. The number of thiazole rings is 1. The maximum absolute atomic E-state index is 12.4. The number of sulfonamides is 1. The van der Waals surface area contributed by atoms with Gasteiger partial charge in [0.25, 0.3) is 15.9 Å². The Kier molecular flexibility index (Phi) is 4.93. The number of methoxy groups -OCH3 is 1. The smallest absolute Gasteiger partial charge is 0.284 e. The van der Waals surface area contributed by atoms with Gasteiger partial charge >= 0.3 is 0 Å². The zero-order valence-electron chi connectivity index (χ0n) is 12.7. The van der Waals surface area contributed by atoms with E-state index in [1.807, 2.05) is 4.72 Å². The quantitative estimate of drug-likeness (QED) is 0.650. The summed E-state index contributed by atoms with van der Waals surface area (Å²) in [5.74, 6) is 0.167. The predicted molar refractivity (Wildman–Crippen MR) is 95.2 cm³/mol. The van der Waals surface area contributed by atoms with E-state index in [1.54, 1.807) is 12.1 Å². The standard InChI is InChI=1S/C15H11BrN2O5S2/c1-22-12-5-4-9(7-10(12)16)25(20,21)18-14(19)11-8-24-15(17-11)13-3-2-6-23-13/h2-8H,1H3,(H,18,19). The van der Waals surface area contributed by atoms with Crippen LogP contribution in [0.25, 0.3) is 10.8 Å². The van der Waals surface area contributed by atoms with E-state index in [9.17, 15) is 13.2 Å². The van der Waals surface area contributed by atoms with E-state index in [4.69, 9.17) is 9.15 Å². The molecular formula is C15H11BrN2O5S2. The van der Waals surface area contributed by atoms with E-state index in [0.717, 1.165) is 0 Å². The molecule has 1 N–H and O–H groups in total. The Labute approximate surface area is 155 Å². The first-order chi connectivity index (χ1) is 11.9. The molecule has 10 heteroatoms. The zero-order chi connectivity index (χ0) is 18.0. The summed E-state index contributed by atoms with van der Waals surface area (Å²) in [6.07, 6.45) is 1.49. The van der Waals surface area contributed by atoms with Gasteiger partial charge in [0, 0.05) is 5.38 Å². The molecule has 0 aliphatic rings. The van der Waals surface area contributed by atoms with Gasteiger partial charge in [0.15, 0.2) is 10.8 Å². The van der Waals surface area contributed by atoms with Crippen molar-refractivity contribution >= 4 is 43.2 Å². The van der Waals surface area contributed by atoms with E-state index in [-0.39, 0.29) is 10.6 Å². The van der Waals surface area contributed by atoms with E-state index in [2.05, 4.69) is 20.9 Å². The van der Waals surface area contributed by atoms with Crippen LogP contribution < -0.4 is 9.46 Å². The van der Waals surface area contributed by atoms with Crippen molar-refractivity contribution in [3.63, 3.8) is 0 Å². The first-order valence-corrected chi connectivity index (χ1v) is 9.96. The fraction of sp³-hybridized carbons (Fsp3) is 0.0667. The highest BCUT2D eigenvalue weighted by Crippen LogP contribution is 2.28. The SMILES string of the molecule is COc1ccc(S(=O)(=O)NC(=O)c2csc(-c3ccco3)n2)cc1Br. The molecule has 0 unspecified atom stereocenters. The molecule has 0 aliphatic heterocycles. The number of hydrogen-bond acceptors (Lipinski definition) is 7. The number of furan rings is 1. The van der Waals surface area contributed by atoms with Gasteiger partial charge in [-0.3, -0.25) is 4.79 Å². The number of carbonyl (C=O) groups excluding carboxylic acids is 1. The molecule has 0 fully saturated rings. The Balaban J connectivity index is 1.81. The monoisotopic (exact) mass is 442 g/mol. The summed E-state index contributed by atoms with van der Waals surface area (Å²) in [6, 6.07) is 7.58. The van der Waals surface area contributed by atoms with Gasteiger partial charge in [-0.1, -0.05) is 0 Å². The number of nitrogens with one attached hydrogen (secondary N) is 1. The highest BCUT2D eigenvalue weighted by atomic mass is 79.9. The highest BCUT2D eigenvalue weighted by Gasteiger charge is 2.22. The van der Waals surface area contributed by atoms with Gasteiger partial charge in [0.1, 0.15) is 11.4 Å². The number of nitrogens with zero attached hydrogens (tertiary/aromatic N) is 1. The normalized spacial score (nSPS) is 11.3. The molecule has 0 radical (unpaired) electrons. The van der Waals surface area contributed by atoms with Gasteiger partial charge in [-0.05, 0) is 46.3 Å². The van der Waals surface area contributed by atoms with Crippen molar-refractivity contribution in [1.82, 2.24) is 9.71 Å². The Morgan fingerprint density at radius 2 is 2.16 bits per heavy atom. The average Bonchev–Trinajstić information content (AvgIpc) is 3.25. The number of carbonyl (C=O) groups is 1. The van der Waals surface area contributed by atoms with Gasteiger partial charge in [-0.15, -0.1) is 11.3 Å². The van der Waals surface area contributed by atoms with Crippen molar-refractivity contribution in [1.29, 1.82) is 0 Å². The number of ether oxygens (including phenoxy) is 1. The van der Waals surface area contributed by atoms with Crippen LogP contribution in [0.15, 0.2) is 55.8 Å². The average molecular weight is 443 g/mol. The summed E-state index contributed by atoms with van der Waals surface area (Å²) in [4.78, 5) is 16.2. The summed E-state index contributed by atoms with van der Waals surface area (Å²) in [5.41, 5.74) is -0.00690. The summed E-state index contributed by atoms with van der Waals surface area (Å²) in [5, 5.41) is 1.95. The lowest BCUT2D eigenvalue weighted by molar-refractivity contribution is 0.0977. The number of rotatable bonds is 5. The second kappa shape index (κ2) is 6.98. The lowest BCUT2D eigenvalue weighted by atomic mass is 10.3. The number of aromatic nitrogens is 1. The first-order valence-electron chi connectivity index (χ1n) is 6.81.